The van der Waals surface area contributed by atoms with Crippen molar-refractivity contribution >= 4 is 17.2 Å². The molecule has 0 bridgehead atoms. The molecule has 1 rings (SSSR count). The van der Waals surface area contributed by atoms with Gasteiger partial charge in [-0.25, -0.2) is 0 Å². The van der Waals surface area contributed by atoms with Crippen molar-refractivity contribution in [3.63, 3.8) is 0 Å². The smallest absolute Gasteiger partial charge is 0.0742 e. The highest BCUT2D eigenvalue weighted by molar-refractivity contribution is 7.80. The van der Waals surface area contributed by atoms with Gasteiger partial charge in [-0.1, -0.05) is 19.1 Å². The lowest BCUT2D eigenvalue weighted by molar-refractivity contribution is 0.105. The van der Waals surface area contributed by atoms with Crippen LogP contribution in [-0.4, -0.2) is 53.6 Å². The summed E-state index contributed by atoms with van der Waals surface area (Å²) in [5, 5.41) is 0. The molecule has 0 radical (unpaired) electrons. The van der Waals surface area contributed by atoms with Crippen molar-refractivity contribution in [1.29, 1.82) is 0 Å². The molecule has 0 spiro atoms. The Bertz CT molecular complexity index is 200. The van der Waals surface area contributed by atoms with Crippen molar-refractivity contribution < 1.29 is 0 Å². The summed E-state index contributed by atoms with van der Waals surface area (Å²) in [6.07, 6.45) is 2.10. The largest absolute Gasteiger partial charge is 0.393 e. The van der Waals surface area contributed by atoms with E-state index in [2.05, 4.69) is 23.6 Å². The molecule has 0 saturated carbocycles. The normalized spacial score (nSPS) is 21.5. The molecule has 15 heavy (non-hydrogen) atoms. The third-order valence-corrected chi connectivity index (χ3v) is 3.23. The molecule has 1 heterocycles. The van der Waals surface area contributed by atoms with Gasteiger partial charge in [0.25, 0.3) is 0 Å². The SMILES string of the molecule is CCCN1CCN(C(C)CC(N)=S)CC1. The van der Waals surface area contributed by atoms with Gasteiger partial charge < -0.3 is 10.6 Å². The van der Waals surface area contributed by atoms with E-state index in [1.54, 1.807) is 0 Å². The number of nitrogens with two attached hydrogens (primary N) is 1. The van der Waals surface area contributed by atoms with Gasteiger partial charge in [0.2, 0.25) is 0 Å². The molecule has 4 heteroatoms. The molecule has 3 nitrogen and oxygen atoms in total. The van der Waals surface area contributed by atoms with E-state index in [1.165, 1.54) is 26.1 Å². The second-order valence-corrected chi connectivity index (χ2v) is 4.92. The Balaban J connectivity index is 2.27. The van der Waals surface area contributed by atoms with Gasteiger partial charge >= 0.3 is 0 Å². The predicted molar refractivity (Wildman–Crippen MR) is 69.2 cm³/mol. The zero-order valence-electron chi connectivity index (χ0n) is 9.91. The van der Waals surface area contributed by atoms with Gasteiger partial charge in [-0.2, -0.15) is 0 Å². The van der Waals surface area contributed by atoms with Gasteiger partial charge in [0.1, 0.15) is 0 Å². The first-order valence-electron chi connectivity index (χ1n) is 5.88. The molecule has 1 aliphatic rings. The van der Waals surface area contributed by atoms with E-state index in [0.717, 1.165) is 19.5 Å². The number of thiocarbonyl (C=S) groups is 1. The molecule has 0 aromatic heterocycles. The van der Waals surface area contributed by atoms with Crippen molar-refractivity contribution in [1.82, 2.24) is 9.80 Å². The molecule has 2 N–H and O–H groups in total. The molecule has 0 aromatic carbocycles. The van der Waals surface area contributed by atoms with Crippen LogP contribution in [0.2, 0.25) is 0 Å². The second kappa shape index (κ2) is 6.40. The second-order valence-electron chi connectivity index (χ2n) is 4.40. The van der Waals surface area contributed by atoms with E-state index in [0.29, 0.717) is 11.0 Å². The highest BCUT2D eigenvalue weighted by Gasteiger charge is 2.20. The summed E-state index contributed by atoms with van der Waals surface area (Å²) >= 11 is 4.95. The van der Waals surface area contributed by atoms with Crippen molar-refractivity contribution in [3.8, 4) is 0 Å². The fourth-order valence-corrected chi connectivity index (χ4v) is 2.41. The first-order chi connectivity index (χ1) is 7.13. The van der Waals surface area contributed by atoms with E-state index < -0.39 is 0 Å². The Morgan fingerprint density at radius 2 is 1.93 bits per heavy atom. The van der Waals surface area contributed by atoms with Crippen molar-refractivity contribution in [2.45, 2.75) is 32.7 Å². The monoisotopic (exact) mass is 229 g/mol. The summed E-state index contributed by atoms with van der Waals surface area (Å²) in [7, 11) is 0. The molecular weight excluding hydrogens is 206 g/mol. The maximum absolute atomic E-state index is 5.57. The highest BCUT2D eigenvalue weighted by Crippen LogP contribution is 2.09. The van der Waals surface area contributed by atoms with Gasteiger partial charge in [0.15, 0.2) is 0 Å². The fourth-order valence-electron chi connectivity index (χ4n) is 2.16. The lowest BCUT2D eigenvalue weighted by atomic mass is 10.1. The third kappa shape index (κ3) is 4.45. The van der Waals surface area contributed by atoms with E-state index in [-0.39, 0.29) is 0 Å². The van der Waals surface area contributed by atoms with Crippen molar-refractivity contribution in [2.75, 3.05) is 32.7 Å². The summed E-state index contributed by atoms with van der Waals surface area (Å²) in [6.45, 7) is 10.4. The summed E-state index contributed by atoms with van der Waals surface area (Å²) in [5.74, 6) is 0. The van der Waals surface area contributed by atoms with E-state index in [4.69, 9.17) is 18.0 Å². The zero-order chi connectivity index (χ0) is 11.3. The van der Waals surface area contributed by atoms with Gasteiger partial charge in [0.05, 0.1) is 4.99 Å². The number of nitrogens with zero attached hydrogens (tertiary/aromatic N) is 2. The topological polar surface area (TPSA) is 32.5 Å². The van der Waals surface area contributed by atoms with E-state index in [9.17, 15) is 0 Å². The highest BCUT2D eigenvalue weighted by atomic mass is 32.1. The van der Waals surface area contributed by atoms with Crippen LogP contribution in [0.25, 0.3) is 0 Å². The number of piperazine rings is 1. The van der Waals surface area contributed by atoms with Crippen LogP contribution in [0.1, 0.15) is 26.7 Å². The van der Waals surface area contributed by atoms with Crippen LogP contribution < -0.4 is 5.73 Å². The minimum atomic E-state index is 0.506. The predicted octanol–water partition coefficient (Wildman–Crippen LogP) is 1.08. The van der Waals surface area contributed by atoms with Crippen LogP contribution in [0, 0.1) is 0 Å². The number of rotatable bonds is 5. The number of hydrogen-bond acceptors (Lipinski definition) is 3. The standard InChI is InChI=1S/C11H23N3S/c1-3-4-13-5-7-14(8-6-13)10(2)9-11(12)15/h10H,3-9H2,1-2H3,(H2,12,15). The molecule has 0 aromatic rings. The van der Waals surface area contributed by atoms with Gasteiger partial charge in [-0.3, -0.25) is 4.90 Å². The van der Waals surface area contributed by atoms with Crippen molar-refractivity contribution in [3.05, 3.63) is 0 Å². The van der Waals surface area contributed by atoms with Crippen LogP contribution in [0.5, 0.6) is 0 Å². The first-order valence-corrected chi connectivity index (χ1v) is 6.29. The lowest BCUT2D eigenvalue weighted by Gasteiger charge is -2.37. The average molecular weight is 229 g/mol. The molecule has 88 valence electrons. The fraction of sp³-hybridized carbons (Fsp3) is 0.909. The molecule has 1 atom stereocenters. The summed E-state index contributed by atoms with van der Waals surface area (Å²) < 4.78 is 0. The maximum atomic E-state index is 5.57. The first kappa shape index (κ1) is 12.9. The minimum Gasteiger partial charge on any atom is -0.393 e. The summed E-state index contributed by atoms with van der Waals surface area (Å²) in [4.78, 5) is 5.66. The van der Waals surface area contributed by atoms with Crippen LogP contribution in [0.3, 0.4) is 0 Å². The van der Waals surface area contributed by atoms with E-state index in [1.807, 2.05) is 0 Å². The Morgan fingerprint density at radius 1 is 1.33 bits per heavy atom. The van der Waals surface area contributed by atoms with E-state index >= 15 is 0 Å². The van der Waals surface area contributed by atoms with Gasteiger partial charge in [0, 0.05) is 38.6 Å². The Hall–Kier alpha value is -0.190. The lowest BCUT2D eigenvalue weighted by Crippen LogP contribution is -2.50. The average Bonchev–Trinajstić information content (AvgIpc) is 2.18. The van der Waals surface area contributed by atoms with Crippen LogP contribution in [0.15, 0.2) is 0 Å². The number of hydrogen-bond donors (Lipinski definition) is 1. The van der Waals surface area contributed by atoms with Crippen LogP contribution >= 0.6 is 12.2 Å². The summed E-state index contributed by atoms with van der Waals surface area (Å²) in [6, 6.07) is 0.506. The van der Waals surface area contributed by atoms with Gasteiger partial charge in [-0.15, -0.1) is 0 Å². The molecule has 1 fully saturated rings. The minimum absolute atomic E-state index is 0.506. The third-order valence-electron chi connectivity index (χ3n) is 3.07. The molecule has 0 aliphatic carbocycles. The molecular formula is C11H23N3S. The van der Waals surface area contributed by atoms with Gasteiger partial charge in [-0.05, 0) is 19.9 Å². The molecule has 1 saturated heterocycles. The molecule has 1 unspecified atom stereocenters. The summed E-state index contributed by atoms with van der Waals surface area (Å²) in [5.41, 5.74) is 5.57. The quantitative estimate of drug-likeness (QED) is 0.715. The Morgan fingerprint density at radius 3 is 2.40 bits per heavy atom. The van der Waals surface area contributed by atoms with Crippen molar-refractivity contribution in [2.24, 2.45) is 5.73 Å². The maximum Gasteiger partial charge on any atom is 0.0742 e. The van der Waals surface area contributed by atoms with Crippen LogP contribution in [0.4, 0.5) is 0 Å². The molecule has 0 amide bonds. The Kier molecular flexibility index (Phi) is 5.50. The zero-order valence-corrected chi connectivity index (χ0v) is 10.7. The molecule has 1 aliphatic heterocycles. The Labute approximate surface area is 98.6 Å². The van der Waals surface area contributed by atoms with Crippen LogP contribution in [-0.2, 0) is 0 Å².